The summed E-state index contributed by atoms with van der Waals surface area (Å²) in [5.74, 6) is -2.66. The highest BCUT2D eigenvalue weighted by atomic mass is 16.8. The molecule has 1 heterocycles. The number of hydrogen-bond acceptors (Lipinski definition) is 5. The van der Waals surface area contributed by atoms with Crippen molar-refractivity contribution < 1.29 is 23.8 Å². The maximum absolute atomic E-state index is 11.1. The van der Waals surface area contributed by atoms with Gasteiger partial charge < -0.3 is 14.2 Å². The summed E-state index contributed by atoms with van der Waals surface area (Å²) in [7, 11) is 1.33. The molecule has 0 aromatic carbocycles. The van der Waals surface area contributed by atoms with Crippen LogP contribution in [-0.2, 0) is 23.8 Å². The van der Waals surface area contributed by atoms with Crippen LogP contribution in [0.1, 0.15) is 13.8 Å². The van der Waals surface area contributed by atoms with Crippen molar-refractivity contribution in [3.8, 4) is 0 Å². The van der Waals surface area contributed by atoms with Gasteiger partial charge in [-0.05, 0) is 0 Å². The molecular weight excluding hydrogens is 178 g/mol. The molecule has 13 heavy (non-hydrogen) atoms. The normalized spacial score (nSPS) is 20.4. The van der Waals surface area contributed by atoms with Crippen LogP contribution in [-0.4, -0.2) is 24.8 Å². The van der Waals surface area contributed by atoms with Crippen molar-refractivity contribution in [2.24, 2.45) is 0 Å². The van der Waals surface area contributed by atoms with Gasteiger partial charge in [0.1, 0.15) is 6.26 Å². The minimum Gasteiger partial charge on any atom is -0.503 e. The Hall–Kier alpha value is -1.52. The van der Waals surface area contributed by atoms with E-state index in [0.29, 0.717) is 0 Å². The van der Waals surface area contributed by atoms with Gasteiger partial charge in [-0.25, -0.2) is 9.59 Å². The van der Waals surface area contributed by atoms with E-state index < -0.39 is 17.7 Å². The van der Waals surface area contributed by atoms with Gasteiger partial charge in [0.15, 0.2) is 5.57 Å². The zero-order chi connectivity index (χ0) is 10.1. The van der Waals surface area contributed by atoms with E-state index in [9.17, 15) is 9.59 Å². The molecule has 1 rings (SSSR count). The Kier molecular flexibility index (Phi) is 2.27. The van der Waals surface area contributed by atoms with Crippen LogP contribution in [0.5, 0.6) is 0 Å². The van der Waals surface area contributed by atoms with Crippen LogP contribution in [0.25, 0.3) is 0 Å². The minimum atomic E-state index is -1.20. The van der Waals surface area contributed by atoms with Crippen molar-refractivity contribution in [3.63, 3.8) is 0 Å². The number of rotatable bonds is 1. The molecule has 0 aromatic heterocycles. The minimum absolute atomic E-state index is 0.234. The summed E-state index contributed by atoms with van der Waals surface area (Å²) in [6.07, 6.45) is 1.000. The SMILES string of the molecule is COC=[14C]1C(=O)OC(C)(C)OC1=O. The molecule has 0 atom stereocenters. The van der Waals surface area contributed by atoms with Gasteiger partial charge in [0.2, 0.25) is 0 Å². The predicted molar refractivity (Wildman–Crippen MR) is 41.4 cm³/mol. The molecule has 0 saturated carbocycles. The van der Waals surface area contributed by atoms with Gasteiger partial charge in [0.05, 0.1) is 7.11 Å². The largest absolute Gasteiger partial charge is 0.503 e. The van der Waals surface area contributed by atoms with Crippen molar-refractivity contribution in [2.45, 2.75) is 19.6 Å². The zero-order valence-corrected chi connectivity index (χ0v) is 7.62. The molecule has 72 valence electrons. The topological polar surface area (TPSA) is 61.8 Å². The lowest BCUT2D eigenvalue weighted by Crippen LogP contribution is -2.41. The summed E-state index contributed by atoms with van der Waals surface area (Å²) >= 11 is 0. The van der Waals surface area contributed by atoms with Crippen molar-refractivity contribution in [2.75, 3.05) is 7.11 Å². The highest BCUT2D eigenvalue weighted by Crippen LogP contribution is 2.22. The predicted octanol–water partition coefficient (Wildman–Crippen LogP) is 0.353. The first kappa shape index (κ1) is 9.57. The van der Waals surface area contributed by atoms with E-state index >= 15 is 0 Å². The molecule has 0 unspecified atom stereocenters. The fraction of sp³-hybridized carbons (Fsp3) is 0.500. The highest BCUT2D eigenvalue weighted by molar-refractivity contribution is 6.15. The van der Waals surface area contributed by atoms with Crippen LogP contribution in [0.3, 0.4) is 0 Å². The summed E-state index contributed by atoms with van der Waals surface area (Å²) in [6, 6.07) is 0. The van der Waals surface area contributed by atoms with E-state index in [1.165, 1.54) is 21.0 Å². The van der Waals surface area contributed by atoms with E-state index in [4.69, 9.17) is 9.47 Å². The van der Waals surface area contributed by atoms with Crippen LogP contribution in [0.2, 0.25) is 0 Å². The third kappa shape index (κ3) is 1.99. The molecule has 0 amide bonds. The van der Waals surface area contributed by atoms with E-state index in [0.717, 1.165) is 6.26 Å². The second-order valence-corrected chi connectivity index (χ2v) is 2.95. The molecule has 5 heteroatoms. The quantitative estimate of drug-likeness (QED) is 0.257. The first-order chi connectivity index (χ1) is 5.96. The lowest BCUT2D eigenvalue weighted by molar-refractivity contribution is -0.222. The lowest BCUT2D eigenvalue weighted by Gasteiger charge is -2.29. The Bertz CT molecular complexity index is 254. The van der Waals surface area contributed by atoms with Gasteiger partial charge in [0.25, 0.3) is 5.79 Å². The molecule has 1 aliphatic heterocycles. The maximum Gasteiger partial charge on any atom is 0.352 e. The average Bonchev–Trinajstić information content (AvgIpc) is 1.94. The van der Waals surface area contributed by atoms with Crippen LogP contribution < -0.4 is 0 Å². The maximum atomic E-state index is 11.1. The monoisotopic (exact) mass is 188 g/mol. The van der Waals surface area contributed by atoms with Crippen molar-refractivity contribution in [1.29, 1.82) is 0 Å². The van der Waals surface area contributed by atoms with Gasteiger partial charge >= 0.3 is 11.9 Å². The third-order valence-corrected chi connectivity index (χ3v) is 1.35. The fourth-order valence-electron chi connectivity index (χ4n) is 0.875. The highest BCUT2D eigenvalue weighted by Gasteiger charge is 2.39. The van der Waals surface area contributed by atoms with Crippen LogP contribution in [0.15, 0.2) is 11.8 Å². The summed E-state index contributed by atoms with van der Waals surface area (Å²) in [4.78, 5) is 22.3. The number of carbonyl (C=O) groups excluding carboxylic acids is 2. The van der Waals surface area contributed by atoms with E-state index in [1.807, 2.05) is 0 Å². The van der Waals surface area contributed by atoms with Gasteiger partial charge in [-0.15, -0.1) is 0 Å². The number of methoxy groups -OCH3 is 1. The molecule has 0 bridgehead atoms. The van der Waals surface area contributed by atoms with Crippen molar-refractivity contribution >= 4 is 11.9 Å². The van der Waals surface area contributed by atoms with Crippen molar-refractivity contribution in [1.82, 2.24) is 0 Å². The standard InChI is InChI=1S/C8H10O5/c1-8(2)12-6(9)5(4-11-3)7(10)13-8/h4H,1-3H3/i5+2. The summed E-state index contributed by atoms with van der Waals surface area (Å²) in [5, 5.41) is 0. The van der Waals surface area contributed by atoms with Crippen LogP contribution in [0.4, 0.5) is 0 Å². The number of hydrogen-bond donors (Lipinski definition) is 0. The molecule has 0 radical (unpaired) electrons. The molecule has 1 saturated heterocycles. The van der Waals surface area contributed by atoms with E-state index in [-0.39, 0.29) is 5.57 Å². The summed E-state index contributed by atoms with van der Waals surface area (Å²) in [6.45, 7) is 2.96. The molecular formula is C8H10O5. The van der Waals surface area contributed by atoms with Crippen LogP contribution in [0, 0.1) is 0 Å². The first-order valence-corrected chi connectivity index (χ1v) is 3.66. The molecule has 1 aliphatic rings. The smallest absolute Gasteiger partial charge is 0.352 e. The lowest BCUT2D eigenvalue weighted by atomic mass is 10.4. The fourth-order valence-corrected chi connectivity index (χ4v) is 0.875. The van der Waals surface area contributed by atoms with Crippen LogP contribution >= 0.6 is 0 Å². The Morgan fingerprint density at radius 1 is 1.31 bits per heavy atom. The van der Waals surface area contributed by atoms with Gasteiger partial charge in [-0.1, -0.05) is 0 Å². The Morgan fingerprint density at radius 3 is 2.15 bits per heavy atom. The average molecular weight is 188 g/mol. The Morgan fingerprint density at radius 2 is 1.77 bits per heavy atom. The summed E-state index contributed by atoms with van der Waals surface area (Å²) in [5.41, 5.74) is -0.234. The number of esters is 2. The number of carbonyl (C=O) groups is 2. The molecule has 0 spiro atoms. The van der Waals surface area contributed by atoms with Gasteiger partial charge in [0, 0.05) is 13.8 Å². The first-order valence-electron chi connectivity index (χ1n) is 3.66. The Balaban J connectivity index is 2.89. The number of cyclic esters (lactones) is 2. The van der Waals surface area contributed by atoms with E-state index in [2.05, 4.69) is 4.74 Å². The molecule has 0 aliphatic carbocycles. The summed E-state index contributed by atoms with van der Waals surface area (Å²) < 4.78 is 14.1. The number of ether oxygens (including phenoxy) is 3. The Labute approximate surface area is 75.3 Å². The van der Waals surface area contributed by atoms with Gasteiger partial charge in [-0.2, -0.15) is 0 Å². The second-order valence-electron chi connectivity index (χ2n) is 2.95. The van der Waals surface area contributed by atoms with Crippen molar-refractivity contribution in [3.05, 3.63) is 11.8 Å². The third-order valence-electron chi connectivity index (χ3n) is 1.35. The zero-order valence-electron chi connectivity index (χ0n) is 7.62. The van der Waals surface area contributed by atoms with Gasteiger partial charge in [-0.3, -0.25) is 0 Å². The second kappa shape index (κ2) is 3.08. The van der Waals surface area contributed by atoms with E-state index in [1.54, 1.807) is 0 Å². The molecule has 1 fully saturated rings. The molecule has 5 nitrogen and oxygen atoms in total. The molecule has 0 N–H and O–H groups in total. The molecule has 0 aromatic rings.